The van der Waals surface area contributed by atoms with Crippen LogP contribution in [-0.2, 0) is 0 Å². The Morgan fingerprint density at radius 2 is 1.71 bits per heavy atom. The zero-order valence-corrected chi connectivity index (χ0v) is 18.6. The number of hydrogen-bond acceptors (Lipinski definition) is 7. The Balaban J connectivity index is 1.45. The summed E-state index contributed by atoms with van der Waals surface area (Å²) in [5, 5.41) is 11.0. The van der Waals surface area contributed by atoms with Gasteiger partial charge >= 0.3 is 0 Å². The standard InChI is InChI=1S/C25H21N9/c1-14(2)29-17-8-16(10-27-11-17)19-5-6-20-23(30-19)24(34-33-20)25-31-21-13-28-12-18(22(21)32-25)15-4-3-7-26-9-15/h3-14,29H,1-2H3,(H,31,32)(H,33,34). The molecule has 9 nitrogen and oxygen atoms in total. The second kappa shape index (κ2) is 8.04. The number of nitrogens with zero attached hydrogens (tertiary/aromatic N) is 6. The van der Waals surface area contributed by atoms with E-state index < -0.39 is 0 Å². The molecule has 0 aliphatic rings. The van der Waals surface area contributed by atoms with Crippen LogP contribution in [0.5, 0.6) is 0 Å². The van der Waals surface area contributed by atoms with E-state index in [1.54, 1.807) is 24.8 Å². The molecule has 9 heteroatoms. The summed E-state index contributed by atoms with van der Waals surface area (Å²) in [5.74, 6) is 0.623. The third-order valence-corrected chi connectivity index (χ3v) is 5.49. The summed E-state index contributed by atoms with van der Waals surface area (Å²) in [4.78, 5) is 26.1. The summed E-state index contributed by atoms with van der Waals surface area (Å²) >= 11 is 0. The van der Waals surface area contributed by atoms with Gasteiger partial charge in [0.1, 0.15) is 11.0 Å². The lowest BCUT2D eigenvalue weighted by atomic mass is 10.1. The second-order valence-corrected chi connectivity index (χ2v) is 8.34. The van der Waals surface area contributed by atoms with Crippen molar-refractivity contribution in [2.75, 3.05) is 5.32 Å². The topological polar surface area (TPSA) is 121 Å². The molecule has 0 spiro atoms. The van der Waals surface area contributed by atoms with Crippen LogP contribution in [0.1, 0.15) is 13.8 Å². The zero-order valence-electron chi connectivity index (χ0n) is 18.6. The Morgan fingerprint density at radius 3 is 2.56 bits per heavy atom. The van der Waals surface area contributed by atoms with Crippen molar-refractivity contribution in [1.29, 1.82) is 0 Å². The summed E-state index contributed by atoms with van der Waals surface area (Å²) in [7, 11) is 0. The third kappa shape index (κ3) is 3.53. The van der Waals surface area contributed by atoms with Crippen LogP contribution in [0.4, 0.5) is 5.69 Å². The monoisotopic (exact) mass is 447 g/mol. The molecular formula is C25H21N9. The molecule has 0 bridgehead atoms. The highest BCUT2D eigenvalue weighted by atomic mass is 15.2. The Bertz CT molecular complexity index is 1620. The van der Waals surface area contributed by atoms with Gasteiger partial charge in [0, 0.05) is 53.7 Å². The fourth-order valence-corrected chi connectivity index (χ4v) is 4.00. The van der Waals surface area contributed by atoms with Crippen molar-refractivity contribution in [1.82, 2.24) is 40.1 Å². The van der Waals surface area contributed by atoms with Crippen molar-refractivity contribution in [3.8, 4) is 33.9 Å². The highest BCUT2D eigenvalue weighted by molar-refractivity contribution is 5.95. The van der Waals surface area contributed by atoms with Crippen LogP contribution < -0.4 is 5.32 Å². The van der Waals surface area contributed by atoms with Crippen molar-refractivity contribution < 1.29 is 0 Å². The van der Waals surface area contributed by atoms with Gasteiger partial charge in [-0.1, -0.05) is 6.07 Å². The van der Waals surface area contributed by atoms with Gasteiger partial charge in [0.15, 0.2) is 11.5 Å². The lowest BCUT2D eigenvalue weighted by Crippen LogP contribution is -2.09. The van der Waals surface area contributed by atoms with E-state index in [0.29, 0.717) is 17.6 Å². The first-order chi connectivity index (χ1) is 16.7. The summed E-state index contributed by atoms with van der Waals surface area (Å²) < 4.78 is 0. The first kappa shape index (κ1) is 20.0. The van der Waals surface area contributed by atoms with Crippen molar-refractivity contribution in [3.05, 3.63) is 67.5 Å². The summed E-state index contributed by atoms with van der Waals surface area (Å²) in [6.45, 7) is 4.19. The van der Waals surface area contributed by atoms with Gasteiger partial charge in [0.2, 0.25) is 0 Å². The first-order valence-corrected chi connectivity index (χ1v) is 11.0. The van der Waals surface area contributed by atoms with Crippen LogP contribution in [-0.4, -0.2) is 46.1 Å². The maximum absolute atomic E-state index is 4.91. The van der Waals surface area contributed by atoms with Crippen LogP contribution >= 0.6 is 0 Å². The predicted octanol–water partition coefficient (Wildman–Crippen LogP) is 4.84. The number of nitrogens with one attached hydrogen (secondary N) is 3. The lowest BCUT2D eigenvalue weighted by Gasteiger charge is -2.10. The Kier molecular flexibility index (Phi) is 4.72. The van der Waals surface area contributed by atoms with E-state index in [1.165, 1.54) is 0 Å². The Labute approximate surface area is 194 Å². The summed E-state index contributed by atoms with van der Waals surface area (Å²) in [6.07, 6.45) is 10.7. The number of pyridine rings is 4. The summed E-state index contributed by atoms with van der Waals surface area (Å²) in [6, 6.07) is 10.2. The van der Waals surface area contributed by atoms with Crippen LogP contribution in [0.2, 0.25) is 0 Å². The minimum Gasteiger partial charge on any atom is -0.382 e. The second-order valence-electron chi connectivity index (χ2n) is 8.34. The average molecular weight is 448 g/mol. The number of hydrogen-bond donors (Lipinski definition) is 3. The van der Waals surface area contributed by atoms with Crippen molar-refractivity contribution in [3.63, 3.8) is 0 Å². The molecule has 0 amide bonds. The lowest BCUT2D eigenvalue weighted by molar-refractivity contribution is 0.898. The van der Waals surface area contributed by atoms with Crippen molar-refractivity contribution in [2.45, 2.75) is 19.9 Å². The van der Waals surface area contributed by atoms with E-state index >= 15 is 0 Å². The molecule has 34 heavy (non-hydrogen) atoms. The smallest absolute Gasteiger partial charge is 0.161 e. The number of aromatic nitrogens is 8. The van der Waals surface area contributed by atoms with Gasteiger partial charge in [-0.25, -0.2) is 9.97 Å². The molecule has 6 rings (SSSR count). The van der Waals surface area contributed by atoms with Gasteiger partial charge in [-0.15, -0.1) is 0 Å². The number of fused-ring (bicyclic) bond motifs is 2. The maximum Gasteiger partial charge on any atom is 0.161 e. The van der Waals surface area contributed by atoms with Gasteiger partial charge in [-0.3, -0.25) is 20.1 Å². The molecule has 0 saturated heterocycles. The molecule has 3 N–H and O–H groups in total. The molecule has 0 aliphatic carbocycles. The molecule has 6 aromatic heterocycles. The van der Waals surface area contributed by atoms with Crippen LogP contribution in [0.25, 0.3) is 56.0 Å². The molecule has 0 aromatic carbocycles. The summed E-state index contributed by atoms with van der Waals surface area (Å²) in [5.41, 5.74) is 8.38. The molecule has 0 fully saturated rings. The van der Waals surface area contributed by atoms with Crippen LogP contribution in [0.15, 0.2) is 67.5 Å². The minimum absolute atomic E-state index is 0.312. The van der Waals surface area contributed by atoms with Gasteiger partial charge in [0.05, 0.1) is 28.6 Å². The molecule has 6 heterocycles. The predicted molar refractivity (Wildman–Crippen MR) is 132 cm³/mol. The van der Waals surface area contributed by atoms with Crippen molar-refractivity contribution >= 4 is 27.8 Å². The number of anilines is 1. The Morgan fingerprint density at radius 1 is 0.824 bits per heavy atom. The van der Waals surface area contributed by atoms with E-state index in [1.807, 2.05) is 42.7 Å². The number of rotatable bonds is 5. The van der Waals surface area contributed by atoms with Crippen molar-refractivity contribution in [2.24, 2.45) is 0 Å². The van der Waals surface area contributed by atoms with E-state index in [-0.39, 0.29) is 0 Å². The number of aromatic amines is 2. The van der Waals surface area contributed by atoms with E-state index in [4.69, 9.17) is 9.97 Å². The normalized spacial score (nSPS) is 11.5. The zero-order chi connectivity index (χ0) is 23.1. The Hall–Kier alpha value is -4.66. The number of imidazole rings is 1. The fraction of sp³-hybridized carbons (Fsp3) is 0.120. The van der Waals surface area contributed by atoms with E-state index in [2.05, 4.69) is 49.3 Å². The highest BCUT2D eigenvalue weighted by Crippen LogP contribution is 2.31. The molecule has 6 aromatic rings. The average Bonchev–Trinajstić information content (AvgIpc) is 3.48. The van der Waals surface area contributed by atoms with Gasteiger partial charge < -0.3 is 10.3 Å². The van der Waals surface area contributed by atoms with Crippen LogP contribution in [0.3, 0.4) is 0 Å². The van der Waals surface area contributed by atoms with Crippen LogP contribution in [0, 0.1) is 0 Å². The SMILES string of the molecule is CC(C)Nc1cncc(-c2ccc3[nH]nc(-c4nc5c(-c6cccnc6)cncc5[nH]4)c3n2)c1. The van der Waals surface area contributed by atoms with Gasteiger partial charge in [-0.2, -0.15) is 5.10 Å². The first-order valence-electron chi connectivity index (χ1n) is 11.0. The molecular weight excluding hydrogens is 426 g/mol. The van der Waals surface area contributed by atoms with E-state index in [9.17, 15) is 0 Å². The maximum atomic E-state index is 4.91. The molecule has 0 atom stereocenters. The van der Waals surface area contributed by atoms with E-state index in [0.717, 1.165) is 50.1 Å². The highest BCUT2D eigenvalue weighted by Gasteiger charge is 2.17. The molecule has 0 saturated carbocycles. The van der Waals surface area contributed by atoms with Gasteiger partial charge in [-0.05, 0) is 38.1 Å². The largest absolute Gasteiger partial charge is 0.382 e. The third-order valence-electron chi connectivity index (χ3n) is 5.49. The minimum atomic E-state index is 0.312. The fourth-order valence-electron chi connectivity index (χ4n) is 4.00. The number of H-pyrrole nitrogens is 2. The quantitative estimate of drug-likeness (QED) is 0.346. The molecule has 0 radical (unpaired) electrons. The molecule has 0 unspecified atom stereocenters. The molecule has 166 valence electrons. The molecule has 0 aliphatic heterocycles. The van der Waals surface area contributed by atoms with Gasteiger partial charge in [0.25, 0.3) is 0 Å².